The van der Waals surface area contributed by atoms with Crippen LogP contribution < -0.4 is 10.2 Å². The van der Waals surface area contributed by atoms with Crippen molar-refractivity contribution in [3.8, 4) is 0 Å². The first-order valence-corrected chi connectivity index (χ1v) is 12.4. The van der Waals surface area contributed by atoms with E-state index in [0.29, 0.717) is 13.2 Å². The number of carbonyl (C=O) groups excluding carboxylic acids is 3. The summed E-state index contributed by atoms with van der Waals surface area (Å²) in [5.74, 6) is -2.44. The van der Waals surface area contributed by atoms with Crippen LogP contribution in [0.15, 0.2) is 24.3 Å². The first-order valence-electron chi connectivity index (χ1n) is 12.4. The molecule has 7 nitrogen and oxygen atoms in total. The molecule has 0 saturated carbocycles. The Labute approximate surface area is 236 Å². The van der Waals surface area contributed by atoms with E-state index in [0.717, 1.165) is 37.8 Å². The van der Waals surface area contributed by atoms with E-state index in [-0.39, 0.29) is 50.3 Å². The van der Waals surface area contributed by atoms with E-state index < -0.39 is 11.9 Å². The van der Waals surface area contributed by atoms with E-state index in [1.54, 1.807) is 12.2 Å². The molecule has 0 radical (unpaired) electrons. The molecule has 1 heterocycles. The van der Waals surface area contributed by atoms with Crippen molar-refractivity contribution in [2.75, 3.05) is 19.8 Å². The van der Waals surface area contributed by atoms with Gasteiger partial charge in [0.2, 0.25) is 0 Å². The SMILES string of the molecule is CCCCCCCCC=CC(=O)[O-].CCCCCCCCC=CC(=O)[O-].O=C1COCCO1.[Ca+2]. The van der Waals surface area contributed by atoms with Crippen LogP contribution in [-0.2, 0) is 23.9 Å². The van der Waals surface area contributed by atoms with Crippen molar-refractivity contribution in [3.05, 3.63) is 24.3 Å². The summed E-state index contributed by atoms with van der Waals surface area (Å²) < 4.78 is 9.22. The van der Waals surface area contributed by atoms with Crippen LogP contribution in [0.2, 0.25) is 0 Å². The molecule has 0 unspecified atom stereocenters. The fourth-order valence-corrected chi connectivity index (χ4v) is 2.86. The smallest absolute Gasteiger partial charge is 0.545 e. The van der Waals surface area contributed by atoms with Crippen LogP contribution in [0.25, 0.3) is 0 Å². The summed E-state index contributed by atoms with van der Waals surface area (Å²) in [6.07, 6.45) is 22.2. The first kappa shape index (κ1) is 37.7. The number of carboxylic acid groups (broad SMARTS) is 2. The normalized spacial score (nSPS) is 12.7. The van der Waals surface area contributed by atoms with Crippen molar-refractivity contribution in [3.63, 3.8) is 0 Å². The number of aliphatic carboxylic acids is 2. The maximum atomic E-state index is 10.1. The monoisotopic (exact) mass is 508 g/mol. The van der Waals surface area contributed by atoms with Gasteiger partial charge in [0.25, 0.3) is 0 Å². The van der Waals surface area contributed by atoms with Crippen LogP contribution in [0.3, 0.4) is 0 Å². The molecule has 0 aliphatic carbocycles. The molecular weight excluding hydrogens is 464 g/mol. The number of esters is 1. The van der Waals surface area contributed by atoms with Gasteiger partial charge in [-0.1, -0.05) is 90.2 Å². The molecule has 1 aliphatic rings. The van der Waals surface area contributed by atoms with Gasteiger partial charge < -0.3 is 29.3 Å². The Balaban J connectivity index is -0.000000435. The molecule has 0 amide bonds. The van der Waals surface area contributed by atoms with E-state index >= 15 is 0 Å². The van der Waals surface area contributed by atoms with Crippen molar-refractivity contribution in [2.45, 2.75) is 104 Å². The molecule has 1 rings (SSSR count). The minimum atomic E-state index is -1.09. The average molecular weight is 509 g/mol. The van der Waals surface area contributed by atoms with Crippen molar-refractivity contribution >= 4 is 55.6 Å². The molecule has 8 heteroatoms. The third-order valence-corrected chi connectivity index (χ3v) is 4.67. The van der Waals surface area contributed by atoms with Gasteiger partial charge in [0.15, 0.2) is 0 Å². The number of cyclic esters (lactones) is 1. The predicted molar refractivity (Wildman–Crippen MR) is 132 cm³/mol. The number of unbranched alkanes of at least 4 members (excludes halogenated alkanes) is 12. The summed E-state index contributed by atoms with van der Waals surface area (Å²) in [5.41, 5.74) is 0. The summed E-state index contributed by atoms with van der Waals surface area (Å²) in [4.78, 5) is 30.1. The molecule has 0 spiro atoms. The van der Waals surface area contributed by atoms with Gasteiger partial charge >= 0.3 is 43.7 Å². The van der Waals surface area contributed by atoms with Gasteiger partial charge in [-0.05, 0) is 37.8 Å². The topological polar surface area (TPSA) is 116 Å². The van der Waals surface area contributed by atoms with Gasteiger partial charge in [0.05, 0.1) is 18.5 Å². The summed E-state index contributed by atoms with van der Waals surface area (Å²) in [7, 11) is 0. The van der Waals surface area contributed by atoms with Crippen molar-refractivity contribution in [1.82, 2.24) is 0 Å². The number of rotatable bonds is 16. The summed E-state index contributed by atoms with van der Waals surface area (Å²) in [5, 5.41) is 20.0. The van der Waals surface area contributed by atoms with Gasteiger partial charge in [0, 0.05) is 0 Å². The second-order valence-electron chi connectivity index (χ2n) is 7.83. The van der Waals surface area contributed by atoms with Gasteiger partial charge in [-0.2, -0.15) is 0 Å². The number of allylic oxidation sites excluding steroid dienone is 2. The van der Waals surface area contributed by atoms with Crippen LogP contribution in [0, 0.1) is 0 Å². The Bertz CT molecular complexity index is 489. The van der Waals surface area contributed by atoms with E-state index in [1.807, 2.05) is 0 Å². The number of hydrogen-bond donors (Lipinski definition) is 0. The zero-order valence-electron chi connectivity index (χ0n) is 21.4. The molecular formula is C26H44CaO7. The zero-order chi connectivity index (χ0) is 25.0. The molecule has 0 aromatic rings. The molecule has 0 bridgehead atoms. The van der Waals surface area contributed by atoms with Gasteiger partial charge in [-0.25, -0.2) is 4.79 Å². The van der Waals surface area contributed by atoms with E-state index in [1.165, 1.54) is 64.2 Å². The first-order chi connectivity index (χ1) is 15.9. The molecule has 0 aromatic carbocycles. The molecule has 1 aliphatic heterocycles. The van der Waals surface area contributed by atoms with E-state index in [9.17, 15) is 24.6 Å². The van der Waals surface area contributed by atoms with Crippen molar-refractivity contribution in [2.24, 2.45) is 0 Å². The summed E-state index contributed by atoms with van der Waals surface area (Å²) in [6, 6.07) is 0. The van der Waals surface area contributed by atoms with Crippen LogP contribution in [0.1, 0.15) is 104 Å². The Hall–Kier alpha value is -0.890. The third kappa shape index (κ3) is 38.4. The molecule has 1 saturated heterocycles. The van der Waals surface area contributed by atoms with Gasteiger partial charge in [-0.3, -0.25) is 0 Å². The van der Waals surface area contributed by atoms with E-state index in [2.05, 4.69) is 18.6 Å². The van der Waals surface area contributed by atoms with Gasteiger partial charge in [0.1, 0.15) is 13.2 Å². The third-order valence-electron chi connectivity index (χ3n) is 4.67. The fourth-order valence-electron chi connectivity index (χ4n) is 2.86. The Kier molecular flexibility index (Phi) is 35.6. The number of ether oxygens (including phenoxy) is 2. The van der Waals surface area contributed by atoms with Crippen LogP contribution in [0.5, 0.6) is 0 Å². The quantitative estimate of drug-likeness (QED) is 0.136. The molecule has 34 heavy (non-hydrogen) atoms. The summed E-state index contributed by atoms with van der Waals surface area (Å²) in [6.45, 7) is 5.48. The largest absolute Gasteiger partial charge is 2.00 e. The predicted octanol–water partition coefficient (Wildman–Crippen LogP) is 3.27. The Morgan fingerprint density at radius 3 is 1.44 bits per heavy atom. The number of hydrogen-bond acceptors (Lipinski definition) is 7. The Morgan fingerprint density at radius 1 is 0.735 bits per heavy atom. The second kappa shape index (κ2) is 32.1. The maximum absolute atomic E-state index is 10.1. The van der Waals surface area contributed by atoms with Crippen molar-refractivity contribution in [1.29, 1.82) is 0 Å². The number of carbonyl (C=O) groups is 3. The Morgan fingerprint density at radius 2 is 1.15 bits per heavy atom. The minimum absolute atomic E-state index is 0. The standard InChI is InChI=1S/2C11H20O2.C4H6O3.Ca/c2*1-2-3-4-5-6-7-8-9-10-11(12)13;5-4-3-6-1-2-7-4;/h2*9-10H,2-8H2,1H3,(H,12,13);1-3H2;/q;;;+2/p-2. The van der Waals surface area contributed by atoms with Crippen LogP contribution in [0.4, 0.5) is 0 Å². The van der Waals surface area contributed by atoms with Crippen LogP contribution in [-0.4, -0.2) is 75.5 Å². The molecule has 0 aromatic heterocycles. The van der Waals surface area contributed by atoms with E-state index in [4.69, 9.17) is 4.74 Å². The summed E-state index contributed by atoms with van der Waals surface area (Å²) >= 11 is 0. The molecule has 1 fully saturated rings. The van der Waals surface area contributed by atoms with Crippen LogP contribution >= 0.6 is 0 Å². The minimum Gasteiger partial charge on any atom is -0.545 e. The fraction of sp³-hybridized carbons (Fsp3) is 0.731. The molecule has 192 valence electrons. The zero-order valence-corrected chi connectivity index (χ0v) is 23.6. The maximum Gasteiger partial charge on any atom is 2.00 e. The average Bonchev–Trinajstić information content (AvgIpc) is 2.78. The second-order valence-corrected chi connectivity index (χ2v) is 7.83. The van der Waals surface area contributed by atoms with Crippen molar-refractivity contribution < 1.29 is 34.1 Å². The number of carboxylic acids is 2. The molecule has 0 atom stereocenters. The molecule has 0 N–H and O–H groups in total. The van der Waals surface area contributed by atoms with Gasteiger partial charge in [-0.15, -0.1) is 0 Å².